The Hall–Kier alpha value is -9.58. The van der Waals surface area contributed by atoms with Gasteiger partial charge in [0, 0.05) is 141 Å². The van der Waals surface area contributed by atoms with E-state index >= 15 is 0 Å². The first-order valence-electron chi connectivity index (χ1n) is 51.6. The summed E-state index contributed by atoms with van der Waals surface area (Å²) in [6.45, 7) is 49.2. The molecule has 698 valence electrons. The van der Waals surface area contributed by atoms with Gasteiger partial charge in [-0.15, -0.1) is 287 Å². The molecule has 0 fully saturated rings. The van der Waals surface area contributed by atoms with Crippen LogP contribution >= 0.6 is 0 Å². The summed E-state index contributed by atoms with van der Waals surface area (Å²) in [5, 5.41) is 5.19. The molecule has 8 aromatic carbocycles. The zero-order chi connectivity index (χ0) is 107. The molecule has 0 bridgehead atoms. The van der Waals surface area contributed by atoms with Crippen molar-refractivity contribution in [2.24, 2.45) is 11.3 Å². The fourth-order valence-electron chi connectivity index (χ4n) is 13.4. The second kappa shape index (κ2) is 56.1. The maximum Gasteiger partial charge on any atom is 0.0799 e. The third kappa shape index (κ3) is 38.3. The molecular formula is C117H130Ir4N8Si4-8. The Morgan fingerprint density at radius 1 is 0.308 bits per heavy atom. The van der Waals surface area contributed by atoms with Crippen LogP contribution in [0.15, 0.2) is 340 Å². The minimum absolute atomic E-state index is 0. The van der Waals surface area contributed by atoms with Crippen LogP contribution in [0.1, 0.15) is 126 Å². The van der Waals surface area contributed by atoms with Crippen LogP contribution in [-0.2, 0) is 98.7 Å². The molecule has 4 radical (unpaired) electrons. The van der Waals surface area contributed by atoms with Crippen molar-refractivity contribution in [3.05, 3.63) is 411 Å². The van der Waals surface area contributed by atoms with Gasteiger partial charge in [0.15, 0.2) is 0 Å². The standard InChI is InChI=1S/C19H26NSi.3C18H24NSi.4C11H8N.4Ir/c1-19(2,3)13-16-12-17(15-10-8-7-9-11-15)20-14-18(16)21(4,5)6;1-18(2,3)15-12-16(14-10-8-7-9-11-14)19-13-17(15)20(4,5)6;1-14(2)11-16-12-17(15-9-7-6-8-10-15)19-13-18(16)20(3,4)5;1-6-14(2)16-12-17(15-10-8-7-9-11-15)19-13-18(16)20(3,4)5;4*1-2-6-10(7-3-1)11-8-4-5-9-12-11;;;;/h7-10,12,14H,13H2,1-6H3;7-10,12-13H,1-6H3;6-9,12-14H,11H2,1-5H3;7-10,12-14H,6H2,1-5H3;4*1-6,8-9H;;;;/q8*-1;;;;/i2*7D,8D,9D,10D;6D,7D,8D,9D;7D,8D,9D,10D;;;;;;;;. The number of rotatable bonds is 17. The summed E-state index contributed by atoms with van der Waals surface area (Å²) in [7, 11) is -6.23. The average Bonchev–Trinajstić information content (AvgIpc) is 0.783. The van der Waals surface area contributed by atoms with E-state index in [9.17, 15) is 0 Å². The van der Waals surface area contributed by atoms with E-state index < -0.39 is 32.3 Å². The van der Waals surface area contributed by atoms with Gasteiger partial charge in [-0.25, -0.2) is 0 Å². The van der Waals surface area contributed by atoms with Gasteiger partial charge in [0.25, 0.3) is 0 Å². The van der Waals surface area contributed by atoms with E-state index in [1.54, 1.807) is 24.8 Å². The van der Waals surface area contributed by atoms with Crippen molar-refractivity contribution < 1.29 is 102 Å². The largest absolute Gasteiger partial charge is 0.305 e. The molecule has 0 aliphatic rings. The molecule has 133 heavy (non-hydrogen) atoms. The van der Waals surface area contributed by atoms with Crippen LogP contribution in [0.3, 0.4) is 0 Å². The Kier molecular flexibility index (Phi) is 37.9. The first kappa shape index (κ1) is 89.9. The molecule has 16 rings (SSSR count). The summed E-state index contributed by atoms with van der Waals surface area (Å²) in [6.07, 6.45) is 17.6. The Morgan fingerprint density at radius 2 is 0.594 bits per heavy atom. The van der Waals surface area contributed by atoms with Crippen LogP contribution in [-0.4, -0.2) is 72.2 Å². The summed E-state index contributed by atoms with van der Waals surface area (Å²) in [6, 6.07) is 83.2. The third-order valence-electron chi connectivity index (χ3n) is 20.0. The molecular weight excluding hydrogens is 2400 g/mol. The molecule has 0 aliphatic heterocycles. The summed E-state index contributed by atoms with van der Waals surface area (Å²) < 4.78 is 126. The van der Waals surface area contributed by atoms with Crippen molar-refractivity contribution in [2.45, 2.75) is 178 Å². The maximum atomic E-state index is 8.14. The van der Waals surface area contributed by atoms with E-state index in [1.807, 2.05) is 219 Å². The van der Waals surface area contributed by atoms with Gasteiger partial charge in [-0.1, -0.05) is 237 Å². The second-order valence-corrected chi connectivity index (χ2v) is 57.7. The molecule has 8 nitrogen and oxygen atoms in total. The van der Waals surface area contributed by atoms with Crippen LogP contribution < -0.4 is 20.7 Å². The van der Waals surface area contributed by atoms with Gasteiger partial charge in [-0.05, 0) is 149 Å². The molecule has 16 heteroatoms. The Morgan fingerprint density at radius 3 is 0.865 bits per heavy atom. The SMILES string of the molecule is [2H]c1[c-]c(-c2cc(C(C)(C)C)c([Si](C)(C)C)cn2)c([2H])c([2H])c1[2H].[2H]c1[c-]c(-c2cc(C(C)CC)c([Si](C)(C)C)cn2)c([2H])c([2H])c1[2H].[2H]c1[c-]c(-c2cc(CC(C)(C)C)c([Si](C)(C)C)cn2)c([2H])c([2H])c1[2H].[2H]c1[c-]c(-c2cc(CC(C)C)c([Si](C)(C)C)cn2)c([2H])c([2H])c1[2H].[Ir].[Ir].[Ir].[Ir].[c-]1ccccc1-c1ccccn1.[c-]1ccccc1-c1ccccn1.[c-]1ccccc1-c1ccccn1.[c-]1ccccc1-c1ccccn1. The summed E-state index contributed by atoms with van der Waals surface area (Å²) >= 11 is 0. The molecule has 0 saturated heterocycles. The van der Waals surface area contributed by atoms with Crippen molar-refractivity contribution in [2.75, 3.05) is 0 Å². The quantitative estimate of drug-likeness (QED) is 0.0656. The van der Waals surface area contributed by atoms with E-state index in [2.05, 4.69) is 236 Å². The normalized spacial score (nSPS) is 12.8. The van der Waals surface area contributed by atoms with Crippen molar-refractivity contribution >= 4 is 53.0 Å². The minimum atomic E-state index is -1.58. The molecule has 16 aromatic rings. The smallest absolute Gasteiger partial charge is 0.0799 e. The first-order valence-corrected chi connectivity index (χ1v) is 57.6. The van der Waals surface area contributed by atoms with Crippen LogP contribution in [0.4, 0.5) is 0 Å². The molecule has 0 N–H and O–H groups in total. The van der Waals surface area contributed by atoms with Gasteiger partial charge in [0.1, 0.15) is 0 Å². The molecule has 1 unspecified atom stereocenters. The summed E-state index contributed by atoms with van der Waals surface area (Å²) in [5.74, 6) is 0.882. The first-order chi connectivity index (χ1) is 68.1. The number of pyridine rings is 8. The maximum absolute atomic E-state index is 8.14. The predicted octanol–water partition coefficient (Wildman–Crippen LogP) is 28.2. The molecule has 0 spiro atoms. The molecule has 8 heterocycles. The Balaban J connectivity index is 0.000000303. The van der Waals surface area contributed by atoms with Gasteiger partial charge in [0.2, 0.25) is 0 Å². The fraction of sp³-hybridized carbons (Fsp3) is 0.248. The zero-order valence-electron chi connectivity index (χ0n) is 96.3. The number of hydrogen-bond acceptors (Lipinski definition) is 8. The molecule has 0 saturated carbocycles. The fourth-order valence-corrected chi connectivity index (χ4v) is 19.9. The Bertz CT molecular complexity index is 6530. The van der Waals surface area contributed by atoms with Gasteiger partial charge < -0.3 is 39.9 Å². The Labute approximate surface area is 879 Å². The van der Waals surface area contributed by atoms with Gasteiger partial charge in [0.05, 0.1) is 32.3 Å². The van der Waals surface area contributed by atoms with E-state index in [1.165, 1.54) is 43.0 Å². The monoisotopic (exact) mass is 2550 g/mol. The number of aromatic nitrogens is 8. The van der Waals surface area contributed by atoms with Gasteiger partial charge >= 0.3 is 0 Å². The third-order valence-corrected chi connectivity index (χ3v) is 28.2. The summed E-state index contributed by atoms with van der Waals surface area (Å²) in [5.41, 5.74) is 16.6. The average molecular weight is 2550 g/mol. The van der Waals surface area contributed by atoms with E-state index in [0.717, 1.165) is 64.3 Å². The molecule has 0 aliphatic carbocycles. The van der Waals surface area contributed by atoms with Crippen LogP contribution in [0.25, 0.3) is 90.1 Å². The van der Waals surface area contributed by atoms with Crippen molar-refractivity contribution in [1.82, 2.24) is 39.9 Å². The van der Waals surface area contributed by atoms with Crippen LogP contribution in [0.2, 0.25) is 78.6 Å². The van der Waals surface area contributed by atoms with Crippen LogP contribution in [0, 0.1) is 59.9 Å². The topological polar surface area (TPSA) is 103 Å². The molecule has 0 amide bonds. The van der Waals surface area contributed by atoms with Crippen molar-refractivity contribution in [3.63, 3.8) is 0 Å². The second-order valence-electron chi connectivity index (χ2n) is 37.6. The van der Waals surface area contributed by atoms with Gasteiger partial charge in [-0.3, -0.25) is 0 Å². The van der Waals surface area contributed by atoms with Crippen molar-refractivity contribution in [1.29, 1.82) is 0 Å². The molecule has 8 aromatic heterocycles. The van der Waals surface area contributed by atoms with E-state index in [0.29, 0.717) is 56.9 Å². The van der Waals surface area contributed by atoms with E-state index in [4.69, 9.17) is 21.9 Å². The van der Waals surface area contributed by atoms with E-state index in [-0.39, 0.29) is 188 Å². The van der Waals surface area contributed by atoms with Gasteiger partial charge in [-0.2, -0.15) is 0 Å². The zero-order valence-corrected chi connectivity index (χ0v) is 93.9. The minimum Gasteiger partial charge on any atom is -0.305 e. The number of hydrogen-bond donors (Lipinski definition) is 0. The van der Waals surface area contributed by atoms with Crippen molar-refractivity contribution in [3.8, 4) is 90.1 Å². The summed E-state index contributed by atoms with van der Waals surface area (Å²) in [4.78, 5) is 35.0. The number of nitrogens with zero attached hydrogens (tertiary/aromatic N) is 8. The molecule has 1 atom stereocenters. The van der Waals surface area contributed by atoms with Crippen LogP contribution in [0.5, 0.6) is 0 Å². The number of benzene rings is 8. The predicted molar refractivity (Wildman–Crippen MR) is 559 cm³/mol.